The summed E-state index contributed by atoms with van der Waals surface area (Å²) in [6.07, 6.45) is 0.0938. The summed E-state index contributed by atoms with van der Waals surface area (Å²) in [5, 5.41) is 0. The standard InChI is InChI=1S/C13H15N3O6S/c17-12-15-10-3-2-9(8-11(10)22-12)23(19,20)14-4-1-5-16-6-7-21-13(16)18/h2-3,8,14H,1,4-7H2,(H,15,17). The van der Waals surface area contributed by atoms with E-state index in [2.05, 4.69) is 9.71 Å². The van der Waals surface area contributed by atoms with Gasteiger partial charge in [0.2, 0.25) is 10.0 Å². The fraction of sp³-hybridized carbons (Fsp3) is 0.385. The quantitative estimate of drug-likeness (QED) is 0.726. The Morgan fingerprint density at radius 3 is 2.87 bits per heavy atom. The van der Waals surface area contributed by atoms with Crippen molar-refractivity contribution >= 4 is 27.2 Å². The predicted octanol–water partition coefficient (Wildman–Crippen LogP) is 0.242. The van der Waals surface area contributed by atoms with E-state index < -0.39 is 15.8 Å². The van der Waals surface area contributed by atoms with Crippen LogP contribution in [0.1, 0.15) is 6.42 Å². The van der Waals surface area contributed by atoms with Crippen molar-refractivity contribution in [1.82, 2.24) is 14.6 Å². The van der Waals surface area contributed by atoms with Crippen molar-refractivity contribution in [3.63, 3.8) is 0 Å². The van der Waals surface area contributed by atoms with Gasteiger partial charge in [0.05, 0.1) is 17.0 Å². The smallest absolute Gasteiger partial charge is 0.417 e. The van der Waals surface area contributed by atoms with Gasteiger partial charge in [-0.05, 0) is 18.6 Å². The predicted molar refractivity (Wildman–Crippen MR) is 79.6 cm³/mol. The van der Waals surface area contributed by atoms with Crippen LogP contribution in [0.25, 0.3) is 11.1 Å². The molecular formula is C13H15N3O6S. The van der Waals surface area contributed by atoms with Crippen LogP contribution in [-0.2, 0) is 14.8 Å². The van der Waals surface area contributed by atoms with Crippen LogP contribution in [0.15, 0.2) is 32.3 Å². The Balaban J connectivity index is 1.61. The molecule has 1 saturated heterocycles. The molecule has 2 N–H and O–H groups in total. The van der Waals surface area contributed by atoms with E-state index in [4.69, 9.17) is 9.15 Å². The molecule has 2 aromatic rings. The van der Waals surface area contributed by atoms with Crippen LogP contribution in [0.5, 0.6) is 0 Å². The zero-order valence-corrected chi connectivity index (χ0v) is 12.9. The molecule has 2 heterocycles. The molecule has 0 atom stereocenters. The van der Waals surface area contributed by atoms with Gasteiger partial charge in [0, 0.05) is 19.2 Å². The number of amides is 1. The Hall–Kier alpha value is -2.33. The SMILES string of the molecule is O=C1OCCN1CCCNS(=O)(=O)c1ccc2[nH]c(=O)oc2c1. The van der Waals surface area contributed by atoms with Gasteiger partial charge in [-0.15, -0.1) is 0 Å². The molecule has 1 aromatic carbocycles. The molecule has 1 fully saturated rings. The summed E-state index contributed by atoms with van der Waals surface area (Å²) >= 11 is 0. The molecule has 1 aromatic heterocycles. The molecule has 1 aliphatic rings. The minimum Gasteiger partial charge on any atom is -0.448 e. The number of oxazole rings is 1. The van der Waals surface area contributed by atoms with Crippen LogP contribution in [0.4, 0.5) is 4.79 Å². The molecule has 0 saturated carbocycles. The molecule has 124 valence electrons. The molecular weight excluding hydrogens is 326 g/mol. The lowest BCUT2D eigenvalue weighted by Gasteiger charge is -2.12. The van der Waals surface area contributed by atoms with Crippen molar-refractivity contribution in [3.8, 4) is 0 Å². The average molecular weight is 341 g/mol. The van der Waals surface area contributed by atoms with Gasteiger partial charge in [-0.25, -0.2) is 22.7 Å². The van der Waals surface area contributed by atoms with Crippen molar-refractivity contribution in [3.05, 3.63) is 28.7 Å². The van der Waals surface area contributed by atoms with Crippen LogP contribution in [0, 0.1) is 0 Å². The highest BCUT2D eigenvalue weighted by atomic mass is 32.2. The number of benzene rings is 1. The highest BCUT2D eigenvalue weighted by molar-refractivity contribution is 7.89. The molecule has 3 rings (SSSR count). The van der Waals surface area contributed by atoms with E-state index in [1.165, 1.54) is 23.1 Å². The number of aromatic amines is 1. The Kier molecular flexibility index (Phi) is 4.09. The van der Waals surface area contributed by atoms with Gasteiger partial charge in [-0.2, -0.15) is 0 Å². The van der Waals surface area contributed by atoms with Gasteiger partial charge >= 0.3 is 11.8 Å². The third-order valence-corrected chi connectivity index (χ3v) is 4.90. The third-order valence-electron chi connectivity index (χ3n) is 3.44. The topological polar surface area (TPSA) is 122 Å². The van der Waals surface area contributed by atoms with Crippen LogP contribution < -0.4 is 10.5 Å². The van der Waals surface area contributed by atoms with Crippen molar-refractivity contribution < 1.29 is 22.4 Å². The van der Waals surface area contributed by atoms with E-state index in [9.17, 15) is 18.0 Å². The molecule has 10 heteroatoms. The summed E-state index contributed by atoms with van der Waals surface area (Å²) in [4.78, 5) is 26.3. The fourth-order valence-corrected chi connectivity index (χ4v) is 3.37. The van der Waals surface area contributed by atoms with Gasteiger partial charge < -0.3 is 14.1 Å². The first-order chi connectivity index (χ1) is 11.0. The van der Waals surface area contributed by atoms with E-state index >= 15 is 0 Å². The second-order valence-corrected chi connectivity index (χ2v) is 6.79. The first-order valence-electron chi connectivity index (χ1n) is 7.00. The Morgan fingerprint density at radius 1 is 1.30 bits per heavy atom. The molecule has 9 nitrogen and oxygen atoms in total. The first-order valence-corrected chi connectivity index (χ1v) is 8.48. The van der Waals surface area contributed by atoms with Crippen molar-refractivity contribution in [2.24, 2.45) is 0 Å². The summed E-state index contributed by atoms with van der Waals surface area (Å²) in [5.41, 5.74) is 0.610. The van der Waals surface area contributed by atoms with Gasteiger partial charge in [-0.3, -0.25) is 4.98 Å². The van der Waals surface area contributed by atoms with Crippen molar-refractivity contribution in [2.75, 3.05) is 26.2 Å². The van der Waals surface area contributed by atoms with Crippen LogP contribution in [-0.4, -0.2) is 50.6 Å². The number of nitrogens with zero attached hydrogens (tertiary/aromatic N) is 1. The zero-order chi connectivity index (χ0) is 16.4. The number of ether oxygens (including phenoxy) is 1. The molecule has 0 bridgehead atoms. The number of cyclic esters (lactones) is 1. The molecule has 1 aliphatic heterocycles. The minimum absolute atomic E-state index is 0.00772. The summed E-state index contributed by atoms with van der Waals surface area (Å²) in [6.45, 7) is 1.50. The number of rotatable bonds is 6. The number of hydrogen-bond acceptors (Lipinski definition) is 6. The van der Waals surface area contributed by atoms with E-state index in [0.717, 1.165) is 0 Å². The maximum absolute atomic E-state index is 12.2. The van der Waals surface area contributed by atoms with Crippen molar-refractivity contribution in [1.29, 1.82) is 0 Å². The number of aromatic nitrogens is 1. The van der Waals surface area contributed by atoms with Crippen molar-refractivity contribution in [2.45, 2.75) is 11.3 Å². The lowest BCUT2D eigenvalue weighted by Crippen LogP contribution is -2.30. The van der Waals surface area contributed by atoms with Gasteiger partial charge in [0.15, 0.2) is 5.58 Å². The van der Waals surface area contributed by atoms with E-state index in [1.54, 1.807) is 0 Å². The van der Waals surface area contributed by atoms with Gasteiger partial charge in [0.25, 0.3) is 0 Å². The highest BCUT2D eigenvalue weighted by Gasteiger charge is 2.21. The fourth-order valence-electron chi connectivity index (χ4n) is 2.28. The number of hydrogen-bond donors (Lipinski definition) is 2. The maximum Gasteiger partial charge on any atom is 0.417 e. The Morgan fingerprint density at radius 2 is 2.13 bits per heavy atom. The molecule has 23 heavy (non-hydrogen) atoms. The van der Waals surface area contributed by atoms with Crippen LogP contribution >= 0.6 is 0 Å². The second kappa shape index (κ2) is 6.05. The van der Waals surface area contributed by atoms with Gasteiger partial charge in [0.1, 0.15) is 6.61 Å². The zero-order valence-electron chi connectivity index (χ0n) is 12.1. The maximum atomic E-state index is 12.2. The van der Waals surface area contributed by atoms with E-state index in [0.29, 0.717) is 31.6 Å². The summed E-state index contributed by atoms with van der Waals surface area (Å²) in [5.74, 6) is -0.639. The largest absolute Gasteiger partial charge is 0.448 e. The average Bonchev–Trinajstić information content (AvgIpc) is 3.07. The minimum atomic E-state index is -3.71. The normalized spacial score (nSPS) is 15.3. The number of H-pyrrole nitrogens is 1. The summed E-state index contributed by atoms with van der Waals surface area (Å²) in [7, 11) is -3.71. The first kappa shape index (κ1) is 15.6. The van der Waals surface area contributed by atoms with E-state index in [1.807, 2.05) is 0 Å². The molecule has 0 spiro atoms. The lowest BCUT2D eigenvalue weighted by atomic mass is 10.3. The highest BCUT2D eigenvalue weighted by Crippen LogP contribution is 2.16. The molecule has 0 aliphatic carbocycles. The summed E-state index contributed by atoms with van der Waals surface area (Å²) < 4.78 is 36.5. The Bertz CT molecular complexity index is 884. The molecule has 0 radical (unpaired) electrons. The monoisotopic (exact) mass is 341 g/mol. The van der Waals surface area contributed by atoms with Crippen LogP contribution in [0.3, 0.4) is 0 Å². The number of sulfonamides is 1. The number of carbonyl (C=O) groups excluding carboxylic acids is 1. The van der Waals surface area contributed by atoms with Gasteiger partial charge in [-0.1, -0.05) is 0 Å². The van der Waals surface area contributed by atoms with E-state index in [-0.39, 0.29) is 23.1 Å². The number of nitrogens with one attached hydrogen (secondary N) is 2. The molecule has 1 amide bonds. The number of carbonyl (C=O) groups is 1. The Labute approximate surface area is 131 Å². The second-order valence-electron chi connectivity index (χ2n) is 5.03. The number of fused-ring (bicyclic) bond motifs is 1. The molecule has 0 unspecified atom stereocenters. The lowest BCUT2D eigenvalue weighted by molar-refractivity contribution is 0.158. The summed E-state index contributed by atoms with van der Waals surface area (Å²) in [6, 6.07) is 4.14. The van der Waals surface area contributed by atoms with Crippen LogP contribution in [0.2, 0.25) is 0 Å². The third kappa shape index (κ3) is 3.37.